The molecule has 0 aliphatic carbocycles. The van der Waals surface area contributed by atoms with Gasteiger partial charge in [-0.2, -0.15) is 0 Å². The molecular weight excluding hydrogens is 234 g/mol. The molecule has 0 aliphatic heterocycles. The van der Waals surface area contributed by atoms with Crippen LogP contribution in [0.1, 0.15) is 30.6 Å². The van der Waals surface area contributed by atoms with Crippen molar-refractivity contribution in [2.75, 3.05) is 12.8 Å². The van der Waals surface area contributed by atoms with Crippen LogP contribution in [0, 0.1) is 10.1 Å². The van der Waals surface area contributed by atoms with E-state index in [-0.39, 0.29) is 28.9 Å². The lowest BCUT2D eigenvalue weighted by molar-refractivity contribution is -0.384. The number of hydrogen-bond donors (Lipinski definition) is 1. The summed E-state index contributed by atoms with van der Waals surface area (Å²) in [5, 5.41) is 10.7. The number of benzene rings is 1. The molecular formula is C12H17N3O3. The Kier molecular flexibility index (Phi) is 4.25. The highest BCUT2D eigenvalue weighted by Gasteiger charge is 2.20. The Bertz CT molecular complexity index is 474. The van der Waals surface area contributed by atoms with Gasteiger partial charge in [0.2, 0.25) is 0 Å². The Morgan fingerprint density at radius 1 is 1.56 bits per heavy atom. The Labute approximate surface area is 106 Å². The number of hydrogen-bond acceptors (Lipinski definition) is 4. The summed E-state index contributed by atoms with van der Waals surface area (Å²) in [6, 6.07) is 3.94. The molecule has 1 rings (SSSR count). The van der Waals surface area contributed by atoms with E-state index in [1.54, 1.807) is 7.05 Å². The minimum Gasteiger partial charge on any atom is -0.398 e. The second-order valence-electron chi connectivity index (χ2n) is 4.20. The number of nitro groups is 1. The molecule has 98 valence electrons. The number of carbonyl (C=O) groups excluding carboxylic acids is 1. The van der Waals surface area contributed by atoms with E-state index in [0.717, 1.165) is 6.42 Å². The Morgan fingerprint density at radius 2 is 2.17 bits per heavy atom. The normalized spacial score (nSPS) is 11.9. The van der Waals surface area contributed by atoms with Gasteiger partial charge in [0.1, 0.15) is 0 Å². The summed E-state index contributed by atoms with van der Waals surface area (Å²) in [5.41, 5.74) is 5.99. The van der Waals surface area contributed by atoms with Crippen molar-refractivity contribution < 1.29 is 9.72 Å². The first-order chi connectivity index (χ1) is 8.38. The zero-order chi connectivity index (χ0) is 13.9. The largest absolute Gasteiger partial charge is 0.398 e. The number of nitrogens with two attached hydrogens (primary N) is 1. The standard InChI is InChI=1S/C12H17N3O3/c1-4-8(2)14(3)12(16)10-7-9(15(17)18)5-6-11(10)13/h5-8H,4,13H2,1-3H3. The molecule has 0 saturated carbocycles. The molecule has 0 radical (unpaired) electrons. The number of nitrogens with zero attached hydrogens (tertiary/aromatic N) is 2. The van der Waals surface area contributed by atoms with Gasteiger partial charge in [0.05, 0.1) is 10.5 Å². The van der Waals surface area contributed by atoms with Gasteiger partial charge in [-0.15, -0.1) is 0 Å². The zero-order valence-electron chi connectivity index (χ0n) is 10.7. The maximum absolute atomic E-state index is 12.2. The van der Waals surface area contributed by atoms with Gasteiger partial charge < -0.3 is 10.6 Å². The highest BCUT2D eigenvalue weighted by molar-refractivity contribution is 5.99. The smallest absolute Gasteiger partial charge is 0.270 e. The van der Waals surface area contributed by atoms with Gasteiger partial charge in [0.25, 0.3) is 11.6 Å². The van der Waals surface area contributed by atoms with E-state index in [4.69, 9.17) is 5.73 Å². The van der Waals surface area contributed by atoms with E-state index >= 15 is 0 Å². The molecule has 0 fully saturated rings. The quantitative estimate of drug-likeness (QED) is 0.503. The molecule has 0 spiro atoms. The van der Waals surface area contributed by atoms with E-state index in [9.17, 15) is 14.9 Å². The van der Waals surface area contributed by atoms with Crippen molar-refractivity contribution >= 4 is 17.3 Å². The fourth-order valence-corrected chi connectivity index (χ4v) is 1.51. The van der Waals surface area contributed by atoms with Crippen LogP contribution in [0.2, 0.25) is 0 Å². The molecule has 1 aromatic carbocycles. The molecule has 1 atom stereocenters. The maximum atomic E-state index is 12.2. The van der Waals surface area contributed by atoms with E-state index in [1.807, 2.05) is 13.8 Å². The lowest BCUT2D eigenvalue weighted by Gasteiger charge is -2.24. The van der Waals surface area contributed by atoms with Crippen LogP contribution >= 0.6 is 0 Å². The molecule has 0 aromatic heterocycles. The summed E-state index contributed by atoms with van der Waals surface area (Å²) in [7, 11) is 1.66. The zero-order valence-corrected chi connectivity index (χ0v) is 10.7. The molecule has 18 heavy (non-hydrogen) atoms. The highest BCUT2D eigenvalue weighted by Crippen LogP contribution is 2.21. The van der Waals surface area contributed by atoms with Gasteiger partial charge in [-0.05, 0) is 19.4 Å². The fourth-order valence-electron chi connectivity index (χ4n) is 1.51. The van der Waals surface area contributed by atoms with Crippen molar-refractivity contribution in [2.24, 2.45) is 0 Å². The number of rotatable bonds is 4. The van der Waals surface area contributed by atoms with Crippen LogP contribution in [0.3, 0.4) is 0 Å². The predicted octanol–water partition coefficient (Wildman–Crippen LogP) is 2.05. The Morgan fingerprint density at radius 3 is 2.67 bits per heavy atom. The molecule has 1 amide bonds. The summed E-state index contributed by atoms with van der Waals surface area (Å²) in [5.74, 6) is -0.300. The predicted molar refractivity (Wildman–Crippen MR) is 69.4 cm³/mol. The van der Waals surface area contributed by atoms with E-state index in [2.05, 4.69) is 0 Å². The van der Waals surface area contributed by atoms with Gasteiger partial charge in [0, 0.05) is 30.9 Å². The number of nitrogen functional groups attached to an aromatic ring is 1. The summed E-state index contributed by atoms with van der Waals surface area (Å²) in [4.78, 5) is 23.8. The first-order valence-corrected chi connectivity index (χ1v) is 5.69. The van der Waals surface area contributed by atoms with Crippen LogP contribution in [0.25, 0.3) is 0 Å². The number of anilines is 1. The molecule has 0 saturated heterocycles. The second kappa shape index (κ2) is 5.48. The van der Waals surface area contributed by atoms with Gasteiger partial charge in [-0.25, -0.2) is 0 Å². The SMILES string of the molecule is CCC(C)N(C)C(=O)c1cc([N+](=O)[O-])ccc1N. The van der Waals surface area contributed by atoms with Gasteiger partial charge in [-0.1, -0.05) is 6.92 Å². The lowest BCUT2D eigenvalue weighted by Crippen LogP contribution is -2.35. The molecule has 6 nitrogen and oxygen atoms in total. The first-order valence-electron chi connectivity index (χ1n) is 5.69. The van der Waals surface area contributed by atoms with Crippen molar-refractivity contribution in [1.82, 2.24) is 4.90 Å². The minimum absolute atomic E-state index is 0.0520. The van der Waals surface area contributed by atoms with Crippen LogP contribution in [-0.4, -0.2) is 28.8 Å². The lowest BCUT2D eigenvalue weighted by atomic mass is 10.1. The van der Waals surface area contributed by atoms with Gasteiger partial charge in [-0.3, -0.25) is 14.9 Å². The first kappa shape index (κ1) is 14.0. The number of carbonyl (C=O) groups is 1. The van der Waals surface area contributed by atoms with Crippen LogP contribution in [0.5, 0.6) is 0 Å². The van der Waals surface area contributed by atoms with Crippen LogP contribution < -0.4 is 5.73 Å². The summed E-state index contributed by atoms with van der Waals surface area (Å²) >= 11 is 0. The average molecular weight is 251 g/mol. The van der Waals surface area contributed by atoms with E-state index in [0.29, 0.717) is 0 Å². The molecule has 6 heteroatoms. The van der Waals surface area contributed by atoms with Crippen molar-refractivity contribution in [2.45, 2.75) is 26.3 Å². The Hall–Kier alpha value is -2.11. The third-order valence-corrected chi connectivity index (χ3v) is 3.05. The summed E-state index contributed by atoms with van der Waals surface area (Å²) in [6.45, 7) is 3.87. The van der Waals surface area contributed by atoms with E-state index in [1.165, 1.54) is 23.1 Å². The fraction of sp³-hybridized carbons (Fsp3) is 0.417. The topological polar surface area (TPSA) is 89.5 Å². The molecule has 1 aromatic rings. The van der Waals surface area contributed by atoms with Crippen molar-refractivity contribution in [3.63, 3.8) is 0 Å². The molecule has 1 unspecified atom stereocenters. The van der Waals surface area contributed by atoms with Gasteiger partial charge in [0.15, 0.2) is 0 Å². The summed E-state index contributed by atoms with van der Waals surface area (Å²) in [6.07, 6.45) is 0.803. The van der Waals surface area contributed by atoms with Crippen molar-refractivity contribution in [1.29, 1.82) is 0 Å². The Balaban J connectivity index is 3.12. The molecule has 0 bridgehead atoms. The highest BCUT2D eigenvalue weighted by atomic mass is 16.6. The van der Waals surface area contributed by atoms with Gasteiger partial charge >= 0.3 is 0 Å². The molecule has 0 heterocycles. The van der Waals surface area contributed by atoms with Crippen LogP contribution in [0.15, 0.2) is 18.2 Å². The number of nitro benzene ring substituents is 1. The summed E-state index contributed by atoms with van der Waals surface area (Å²) < 4.78 is 0. The van der Waals surface area contributed by atoms with Crippen LogP contribution in [-0.2, 0) is 0 Å². The molecule has 2 N–H and O–H groups in total. The number of non-ortho nitro benzene ring substituents is 1. The van der Waals surface area contributed by atoms with Crippen LogP contribution in [0.4, 0.5) is 11.4 Å². The van der Waals surface area contributed by atoms with Crippen molar-refractivity contribution in [3.8, 4) is 0 Å². The van der Waals surface area contributed by atoms with Crippen molar-refractivity contribution in [3.05, 3.63) is 33.9 Å². The monoisotopic (exact) mass is 251 g/mol. The third-order valence-electron chi connectivity index (χ3n) is 3.05. The maximum Gasteiger partial charge on any atom is 0.270 e. The number of amides is 1. The second-order valence-corrected chi connectivity index (χ2v) is 4.20. The molecule has 0 aliphatic rings. The van der Waals surface area contributed by atoms with E-state index < -0.39 is 4.92 Å². The average Bonchev–Trinajstić information content (AvgIpc) is 2.36. The third kappa shape index (κ3) is 2.77. The minimum atomic E-state index is -0.542.